The van der Waals surface area contributed by atoms with Crippen LogP contribution in [0.3, 0.4) is 0 Å². The van der Waals surface area contributed by atoms with Gasteiger partial charge in [0.05, 0.1) is 0 Å². The van der Waals surface area contributed by atoms with E-state index in [0.29, 0.717) is 16.9 Å². The zero-order chi connectivity index (χ0) is 13.2. The molecule has 1 aromatic heterocycles. The van der Waals surface area contributed by atoms with E-state index >= 15 is 0 Å². The second kappa shape index (κ2) is 4.89. The molecule has 1 amide bonds. The van der Waals surface area contributed by atoms with Gasteiger partial charge in [0.2, 0.25) is 0 Å². The Hall–Kier alpha value is -1.69. The Balaban J connectivity index is 2.03. The van der Waals surface area contributed by atoms with E-state index in [4.69, 9.17) is 5.84 Å². The van der Waals surface area contributed by atoms with Gasteiger partial charge in [0.15, 0.2) is 11.5 Å². The largest absolute Gasteiger partial charge is 0.337 e. The third-order valence-corrected chi connectivity index (χ3v) is 3.44. The molecule has 0 atom stereocenters. The lowest BCUT2D eigenvalue weighted by Crippen LogP contribution is -2.41. The molecule has 0 unspecified atom stereocenters. The van der Waals surface area contributed by atoms with Crippen LogP contribution in [0.15, 0.2) is 12.1 Å². The van der Waals surface area contributed by atoms with Crippen molar-refractivity contribution in [2.45, 2.75) is 26.7 Å². The number of nitrogens with two attached hydrogens (primary N) is 1. The van der Waals surface area contributed by atoms with Crippen LogP contribution in [0.4, 0.5) is 5.82 Å². The Morgan fingerprint density at radius 1 is 1.33 bits per heavy atom. The lowest BCUT2D eigenvalue weighted by atomic mass is 9.82. The summed E-state index contributed by atoms with van der Waals surface area (Å²) in [5.41, 5.74) is 3.08. The number of hydrogen-bond donors (Lipinski definition) is 2. The van der Waals surface area contributed by atoms with E-state index < -0.39 is 0 Å². The highest BCUT2D eigenvalue weighted by Crippen LogP contribution is 2.30. The van der Waals surface area contributed by atoms with Crippen molar-refractivity contribution in [3.8, 4) is 0 Å². The third-order valence-electron chi connectivity index (χ3n) is 3.44. The number of carbonyl (C=O) groups is 1. The molecule has 0 spiro atoms. The standard InChI is InChI=1S/C12H19N5O/c1-12(2)5-7-17(8-6-12)11(18)9-3-4-10(14-13)16-15-9/h3-4H,5-8,13H2,1-2H3,(H,14,16). The van der Waals surface area contributed by atoms with Crippen LogP contribution in [0, 0.1) is 5.41 Å². The maximum atomic E-state index is 12.2. The average molecular weight is 249 g/mol. The number of likely N-dealkylation sites (tertiary alicyclic amines) is 1. The van der Waals surface area contributed by atoms with Gasteiger partial charge in [0, 0.05) is 13.1 Å². The quantitative estimate of drug-likeness (QED) is 0.604. The molecule has 0 radical (unpaired) electrons. The monoisotopic (exact) mass is 249 g/mol. The van der Waals surface area contributed by atoms with Crippen LogP contribution in [-0.4, -0.2) is 34.1 Å². The molecule has 1 fully saturated rings. The fourth-order valence-corrected chi connectivity index (χ4v) is 2.00. The van der Waals surface area contributed by atoms with Gasteiger partial charge in [-0.1, -0.05) is 13.8 Å². The van der Waals surface area contributed by atoms with Crippen molar-refractivity contribution in [2.24, 2.45) is 11.3 Å². The minimum Gasteiger partial charge on any atom is -0.337 e. The first-order valence-electron chi connectivity index (χ1n) is 6.11. The molecule has 2 heterocycles. The van der Waals surface area contributed by atoms with E-state index in [2.05, 4.69) is 29.5 Å². The summed E-state index contributed by atoms with van der Waals surface area (Å²) in [7, 11) is 0. The van der Waals surface area contributed by atoms with Crippen molar-refractivity contribution in [3.05, 3.63) is 17.8 Å². The highest BCUT2D eigenvalue weighted by atomic mass is 16.2. The molecule has 6 nitrogen and oxygen atoms in total. The highest BCUT2D eigenvalue weighted by molar-refractivity contribution is 5.92. The fraction of sp³-hybridized carbons (Fsp3) is 0.583. The van der Waals surface area contributed by atoms with Crippen LogP contribution in [0.25, 0.3) is 0 Å². The van der Waals surface area contributed by atoms with Gasteiger partial charge < -0.3 is 10.3 Å². The van der Waals surface area contributed by atoms with Crippen LogP contribution < -0.4 is 11.3 Å². The molecule has 2 rings (SSSR count). The lowest BCUT2D eigenvalue weighted by Gasteiger charge is -2.36. The number of nitrogens with zero attached hydrogens (tertiary/aromatic N) is 3. The van der Waals surface area contributed by atoms with E-state index in [1.165, 1.54) is 0 Å². The molecule has 0 bridgehead atoms. The number of nitrogens with one attached hydrogen (secondary N) is 1. The first kappa shape index (κ1) is 12.8. The third kappa shape index (κ3) is 2.76. The molecule has 1 aliphatic rings. The predicted molar refractivity (Wildman–Crippen MR) is 68.8 cm³/mol. The number of rotatable bonds is 2. The minimum absolute atomic E-state index is 0.0541. The topological polar surface area (TPSA) is 84.1 Å². The molecule has 98 valence electrons. The first-order chi connectivity index (χ1) is 8.52. The van der Waals surface area contributed by atoms with E-state index in [1.807, 2.05) is 4.90 Å². The first-order valence-corrected chi connectivity index (χ1v) is 6.11. The Kier molecular flexibility index (Phi) is 3.47. The van der Waals surface area contributed by atoms with Crippen LogP contribution in [0.5, 0.6) is 0 Å². The average Bonchev–Trinajstić information content (AvgIpc) is 2.38. The van der Waals surface area contributed by atoms with Gasteiger partial charge in [0.1, 0.15) is 0 Å². The van der Waals surface area contributed by atoms with Crippen LogP contribution in [0.1, 0.15) is 37.2 Å². The Morgan fingerprint density at radius 2 is 2.00 bits per heavy atom. The predicted octanol–water partition coefficient (Wildman–Crippen LogP) is 1.02. The second-order valence-corrected chi connectivity index (χ2v) is 5.40. The maximum absolute atomic E-state index is 12.2. The Bertz CT molecular complexity index is 419. The maximum Gasteiger partial charge on any atom is 0.274 e. The van der Waals surface area contributed by atoms with Crippen molar-refractivity contribution in [1.29, 1.82) is 0 Å². The van der Waals surface area contributed by atoms with Crippen molar-refractivity contribution in [1.82, 2.24) is 15.1 Å². The van der Waals surface area contributed by atoms with Crippen molar-refractivity contribution >= 4 is 11.7 Å². The molecule has 18 heavy (non-hydrogen) atoms. The van der Waals surface area contributed by atoms with Gasteiger partial charge >= 0.3 is 0 Å². The van der Waals surface area contributed by atoms with E-state index in [-0.39, 0.29) is 5.91 Å². The van der Waals surface area contributed by atoms with Crippen molar-refractivity contribution in [3.63, 3.8) is 0 Å². The van der Waals surface area contributed by atoms with Crippen LogP contribution >= 0.6 is 0 Å². The molecule has 1 aliphatic heterocycles. The Labute approximate surface area is 107 Å². The smallest absolute Gasteiger partial charge is 0.274 e. The Morgan fingerprint density at radius 3 is 2.50 bits per heavy atom. The molecular weight excluding hydrogens is 230 g/mol. The SMILES string of the molecule is CC1(C)CCN(C(=O)c2ccc(NN)nn2)CC1. The minimum atomic E-state index is -0.0541. The molecule has 0 aromatic carbocycles. The summed E-state index contributed by atoms with van der Waals surface area (Å²) in [6.45, 7) is 6.03. The molecule has 1 aromatic rings. The number of anilines is 1. The number of hydrogen-bond acceptors (Lipinski definition) is 5. The summed E-state index contributed by atoms with van der Waals surface area (Å²) >= 11 is 0. The van der Waals surface area contributed by atoms with Crippen LogP contribution in [0.2, 0.25) is 0 Å². The number of aromatic nitrogens is 2. The molecular formula is C12H19N5O. The molecule has 6 heteroatoms. The summed E-state index contributed by atoms with van der Waals surface area (Å²) in [4.78, 5) is 14.0. The van der Waals surface area contributed by atoms with E-state index in [9.17, 15) is 4.79 Å². The zero-order valence-electron chi connectivity index (χ0n) is 10.8. The fourth-order valence-electron chi connectivity index (χ4n) is 2.00. The van der Waals surface area contributed by atoms with E-state index in [0.717, 1.165) is 25.9 Å². The van der Waals surface area contributed by atoms with Gasteiger partial charge in [-0.05, 0) is 30.4 Å². The van der Waals surface area contributed by atoms with Crippen molar-refractivity contribution < 1.29 is 4.79 Å². The van der Waals surface area contributed by atoms with Gasteiger partial charge in [-0.25, -0.2) is 5.84 Å². The molecule has 3 N–H and O–H groups in total. The number of hydrazine groups is 1. The van der Waals surface area contributed by atoms with Crippen LogP contribution in [-0.2, 0) is 0 Å². The normalized spacial score (nSPS) is 18.5. The number of nitrogen functional groups attached to an aromatic ring is 1. The summed E-state index contributed by atoms with van der Waals surface area (Å²) in [5, 5.41) is 7.69. The summed E-state index contributed by atoms with van der Waals surface area (Å²) in [5.74, 6) is 5.60. The van der Waals surface area contributed by atoms with Gasteiger partial charge in [0.25, 0.3) is 5.91 Å². The lowest BCUT2D eigenvalue weighted by molar-refractivity contribution is 0.0623. The molecule has 0 saturated carbocycles. The van der Waals surface area contributed by atoms with Gasteiger partial charge in [-0.2, -0.15) is 0 Å². The number of amides is 1. The number of piperidine rings is 1. The summed E-state index contributed by atoms with van der Waals surface area (Å²) in [6.07, 6.45) is 2.04. The number of carbonyl (C=O) groups excluding carboxylic acids is 1. The molecule has 1 saturated heterocycles. The summed E-state index contributed by atoms with van der Waals surface area (Å²) in [6, 6.07) is 3.29. The molecule has 0 aliphatic carbocycles. The summed E-state index contributed by atoms with van der Waals surface area (Å²) < 4.78 is 0. The van der Waals surface area contributed by atoms with Crippen molar-refractivity contribution in [2.75, 3.05) is 18.5 Å². The zero-order valence-corrected chi connectivity index (χ0v) is 10.8. The highest BCUT2D eigenvalue weighted by Gasteiger charge is 2.28. The van der Waals surface area contributed by atoms with E-state index in [1.54, 1.807) is 12.1 Å². The second-order valence-electron chi connectivity index (χ2n) is 5.40. The van der Waals surface area contributed by atoms with Gasteiger partial charge in [-0.15, -0.1) is 10.2 Å². The van der Waals surface area contributed by atoms with Gasteiger partial charge in [-0.3, -0.25) is 4.79 Å².